The second-order valence-electron chi connectivity index (χ2n) is 7.04. The van der Waals surface area contributed by atoms with E-state index < -0.39 is 42.6 Å². The number of urea groups is 1. The average molecular weight is 387 g/mol. The molecule has 0 radical (unpaired) electrons. The third-order valence-corrected chi connectivity index (χ3v) is 5.39. The van der Waals surface area contributed by atoms with Gasteiger partial charge < -0.3 is 24.7 Å². The van der Waals surface area contributed by atoms with Gasteiger partial charge in [0.25, 0.3) is 0 Å². The summed E-state index contributed by atoms with van der Waals surface area (Å²) in [6.07, 6.45) is -5.25. The molecule has 2 amide bonds. The van der Waals surface area contributed by atoms with Crippen molar-refractivity contribution in [2.24, 2.45) is 0 Å². The average Bonchev–Trinajstić information content (AvgIpc) is 3.05. The molecule has 144 valence electrons. The van der Waals surface area contributed by atoms with E-state index >= 15 is 0 Å². The van der Waals surface area contributed by atoms with Crippen LogP contribution in [-0.4, -0.2) is 67.2 Å². The SMILES string of the molecule is O=C1Nc2nc3[nH]c4ccc(F)cc4c3nc2[C@@H]2OC[C@H]3O[C@H]([C@H](O)[C@@H]3O)N12. The van der Waals surface area contributed by atoms with Gasteiger partial charge in [-0.05, 0) is 18.2 Å². The van der Waals surface area contributed by atoms with Crippen LogP contribution < -0.4 is 5.32 Å². The number of anilines is 1. The van der Waals surface area contributed by atoms with Crippen LogP contribution in [0.15, 0.2) is 18.2 Å². The third kappa shape index (κ3) is 2.01. The fraction of sp³-hybridized carbons (Fsp3) is 0.353. The van der Waals surface area contributed by atoms with Crippen molar-refractivity contribution in [3.8, 4) is 0 Å². The Hall–Kier alpha value is -2.86. The molecule has 2 fully saturated rings. The fourth-order valence-corrected chi connectivity index (χ4v) is 4.03. The van der Waals surface area contributed by atoms with Crippen LogP contribution in [0.2, 0.25) is 0 Å². The Kier molecular flexibility index (Phi) is 3.08. The molecule has 0 aliphatic carbocycles. The van der Waals surface area contributed by atoms with Gasteiger partial charge in [0.15, 0.2) is 23.9 Å². The number of carbonyl (C=O) groups excluding carboxylic acids is 1. The first-order valence-corrected chi connectivity index (χ1v) is 8.72. The number of H-pyrrole nitrogens is 1. The van der Waals surface area contributed by atoms with E-state index in [1.165, 1.54) is 17.0 Å². The molecule has 0 saturated carbocycles. The van der Waals surface area contributed by atoms with Gasteiger partial charge in [-0.25, -0.2) is 19.2 Å². The highest BCUT2D eigenvalue weighted by atomic mass is 19.1. The van der Waals surface area contributed by atoms with Crippen LogP contribution in [0.4, 0.5) is 15.0 Å². The summed E-state index contributed by atoms with van der Waals surface area (Å²) >= 11 is 0. The first-order chi connectivity index (χ1) is 13.5. The van der Waals surface area contributed by atoms with Gasteiger partial charge in [0.1, 0.15) is 35.3 Å². The lowest BCUT2D eigenvalue weighted by Gasteiger charge is -2.38. The van der Waals surface area contributed by atoms with Crippen molar-refractivity contribution < 1.29 is 28.9 Å². The minimum Gasteiger partial charge on any atom is -0.387 e. The van der Waals surface area contributed by atoms with Gasteiger partial charge >= 0.3 is 6.03 Å². The predicted molar refractivity (Wildman–Crippen MR) is 91.6 cm³/mol. The van der Waals surface area contributed by atoms with Gasteiger partial charge in [-0.15, -0.1) is 0 Å². The number of nitrogens with one attached hydrogen (secondary N) is 2. The number of aromatic amines is 1. The normalized spacial score (nSPS) is 31.6. The number of benzene rings is 1. The minimum absolute atomic E-state index is 0.0369. The van der Waals surface area contributed by atoms with Gasteiger partial charge in [-0.2, -0.15) is 0 Å². The molecule has 5 atom stereocenters. The highest BCUT2D eigenvalue weighted by molar-refractivity contribution is 6.04. The largest absolute Gasteiger partial charge is 0.387 e. The Morgan fingerprint density at radius 2 is 2.11 bits per heavy atom. The number of amides is 2. The number of hydrogen-bond acceptors (Lipinski definition) is 7. The smallest absolute Gasteiger partial charge is 0.327 e. The van der Waals surface area contributed by atoms with E-state index in [1.54, 1.807) is 6.07 Å². The number of fused-ring (bicyclic) bond motifs is 9. The zero-order valence-electron chi connectivity index (χ0n) is 14.2. The lowest BCUT2D eigenvalue weighted by atomic mass is 10.1. The second kappa shape index (κ2) is 5.35. The lowest BCUT2D eigenvalue weighted by Crippen LogP contribution is -2.54. The Bertz CT molecular complexity index is 1150. The molecule has 2 bridgehead atoms. The highest BCUT2D eigenvalue weighted by Gasteiger charge is 2.54. The van der Waals surface area contributed by atoms with Crippen molar-refractivity contribution in [1.29, 1.82) is 0 Å². The van der Waals surface area contributed by atoms with Gasteiger partial charge in [0, 0.05) is 10.9 Å². The molecule has 5 heterocycles. The number of hydrogen-bond donors (Lipinski definition) is 4. The van der Waals surface area contributed by atoms with Crippen molar-refractivity contribution in [2.45, 2.75) is 30.8 Å². The first kappa shape index (κ1) is 16.1. The quantitative estimate of drug-likeness (QED) is 0.443. The van der Waals surface area contributed by atoms with Gasteiger partial charge in [0.05, 0.1) is 6.61 Å². The molecule has 2 aromatic heterocycles. The van der Waals surface area contributed by atoms with E-state index in [4.69, 9.17) is 9.47 Å². The first-order valence-electron chi connectivity index (χ1n) is 8.72. The number of rotatable bonds is 0. The van der Waals surface area contributed by atoms with E-state index in [9.17, 15) is 19.4 Å². The van der Waals surface area contributed by atoms with Crippen molar-refractivity contribution in [3.05, 3.63) is 29.7 Å². The maximum atomic E-state index is 13.7. The molecule has 11 heteroatoms. The Morgan fingerprint density at radius 1 is 1.25 bits per heavy atom. The predicted octanol–water partition coefficient (Wildman–Crippen LogP) is 0.573. The summed E-state index contributed by atoms with van der Waals surface area (Å²) in [4.78, 5) is 25.9. The van der Waals surface area contributed by atoms with Crippen LogP contribution >= 0.6 is 0 Å². The molecular weight excluding hydrogens is 373 g/mol. The van der Waals surface area contributed by atoms with Crippen LogP contribution in [0.25, 0.3) is 22.1 Å². The van der Waals surface area contributed by atoms with Gasteiger partial charge in [0.2, 0.25) is 0 Å². The summed E-state index contributed by atoms with van der Waals surface area (Å²) in [5.74, 6) is -0.199. The van der Waals surface area contributed by atoms with E-state index in [0.717, 1.165) is 0 Å². The van der Waals surface area contributed by atoms with Crippen molar-refractivity contribution >= 4 is 33.9 Å². The maximum absolute atomic E-state index is 13.7. The third-order valence-electron chi connectivity index (χ3n) is 5.39. The molecule has 0 spiro atoms. The molecule has 1 aromatic carbocycles. The van der Waals surface area contributed by atoms with E-state index in [2.05, 4.69) is 20.3 Å². The number of carbonyl (C=O) groups is 1. The molecule has 0 unspecified atom stereocenters. The minimum atomic E-state index is -1.28. The monoisotopic (exact) mass is 387 g/mol. The van der Waals surface area contributed by atoms with E-state index in [1.807, 2.05) is 0 Å². The van der Waals surface area contributed by atoms with Crippen molar-refractivity contribution in [1.82, 2.24) is 19.9 Å². The molecule has 28 heavy (non-hydrogen) atoms. The Balaban J connectivity index is 1.54. The standard InChI is InChI=1S/C17H14FN5O5/c18-5-1-2-7-6(3-5)9-13(19-7)21-14-10(20-9)15-23(17(26)22-14)16-12(25)11(24)8(28-16)4-27-15/h1-3,8,11-12,15-16,24-25H,4H2,(H2,19,21,22,26)/t8-,11-,12-,15+,16-/m1/s1. The van der Waals surface area contributed by atoms with Crippen LogP contribution in [0.1, 0.15) is 11.9 Å². The molecule has 3 aliphatic rings. The zero-order chi connectivity index (χ0) is 19.2. The molecular formula is C17H14FN5O5. The summed E-state index contributed by atoms with van der Waals surface area (Å²) < 4.78 is 25.1. The number of aliphatic hydroxyl groups excluding tert-OH is 2. The molecule has 6 rings (SSSR count). The maximum Gasteiger partial charge on any atom is 0.327 e. The Morgan fingerprint density at radius 3 is 2.96 bits per heavy atom. The summed E-state index contributed by atoms with van der Waals surface area (Å²) in [7, 11) is 0. The number of aromatic nitrogens is 3. The van der Waals surface area contributed by atoms with Crippen LogP contribution in [-0.2, 0) is 9.47 Å². The molecule has 10 nitrogen and oxygen atoms in total. The van der Waals surface area contributed by atoms with Gasteiger partial charge in [-0.1, -0.05) is 0 Å². The summed E-state index contributed by atoms with van der Waals surface area (Å²) in [6, 6.07) is 3.68. The summed E-state index contributed by atoms with van der Waals surface area (Å²) in [5, 5.41) is 23.5. The highest BCUT2D eigenvalue weighted by Crippen LogP contribution is 2.41. The topological polar surface area (TPSA) is 133 Å². The number of nitrogens with zero attached hydrogens (tertiary/aromatic N) is 3. The number of ether oxygens (including phenoxy) is 2. The van der Waals surface area contributed by atoms with Crippen LogP contribution in [0.3, 0.4) is 0 Å². The molecule has 4 N–H and O–H groups in total. The van der Waals surface area contributed by atoms with Gasteiger partial charge in [-0.3, -0.25) is 10.2 Å². The molecule has 3 aromatic rings. The van der Waals surface area contributed by atoms with Crippen LogP contribution in [0.5, 0.6) is 0 Å². The van der Waals surface area contributed by atoms with Crippen molar-refractivity contribution in [2.75, 3.05) is 11.9 Å². The van der Waals surface area contributed by atoms with E-state index in [-0.39, 0.29) is 12.4 Å². The Labute approximate surface area is 155 Å². The van der Waals surface area contributed by atoms with Crippen molar-refractivity contribution in [3.63, 3.8) is 0 Å². The van der Waals surface area contributed by atoms with Crippen LogP contribution in [0, 0.1) is 5.82 Å². The number of halogens is 1. The second-order valence-corrected chi connectivity index (χ2v) is 7.04. The summed E-state index contributed by atoms with van der Waals surface area (Å²) in [5.41, 5.74) is 1.80. The summed E-state index contributed by atoms with van der Waals surface area (Å²) in [6.45, 7) is -0.0369. The fourth-order valence-electron chi connectivity index (χ4n) is 4.03. The number of aliphatic hydroxyl groups is 2. The molecule has 3 aliphatic heterocycles. The molecule has 2 saturated heterocycles. The lowest BCUT2D eigenvalue weighted by molar-refractivity contribution is -0.113. The zero-order valence-corrected chi connectivity index (χ0v) is 14.2. The van der Waals surface area contributed by atoms with E-state index in [0.29, 0.717) is 27.8 Å².